The molecule has 0 bridgehead atoms. The van der Waals surface area contributed by atoms with Crippen molar-refractivity contribution in [2.45, 2.75) is 25.3 Å². The minimum Gasteiger partial charge on any atom is -0.313 e. The van der Waals surface area contributed by atoms with Crippen molar-refractivity contribution < 1.29 is 31.1 Å². The number of carbonyl (C=O) groups is 1. The molecule has 0 saturated heterocycles. The third-order valence-electron chi connectivity index (χ3n) is 5.80. The van der Waals surface area contributed by atoms with Crippen molar-refractivity contribution in [1.29, 1.82) is 0 Å². The Morgan fingerprint density at radius 3 is 2.13 bits per heavy atom. The Morgan fingerprint density at radius 2 is 1.61 bits per heavy atom. The quantitative estimate of drug-likeness (QED) is 0.386. The van der Waals surface area contributed by atoms with E-state index in [0.29, 0.717) is 29.2 Å². The van der Waals surface area contributed by atoms with Crippen LogP contribution in [-0.2, 0) is 19.4 Å². The van der Waals surface area contributed by atoms with Gasteiger partial charge >= 0.3 is 18.4 Å². The first-order valence-corrected chi connectivity index (χ1v) is 11.5. The van der Waals surface area contributed by atoms with E-state index in [2.05, 4.69) is 10.3 Å². The molecule has 1 aromatic heterocycles. The molecule has 0 aliphatic heterocycles. The van der Waals surface area contributed by atoms with Gasteiger partial charge in [0, 0.05) is 30.8 Å². The van der Waals surface area contributed by atoms with E-state index in [-0.39, 0.29) is 23.8 Å². The van der Waals surface area contributed by atoms with Crippen LogP contribution in [0, 0.1) is 0 Å². The molecule has 3 rings (SSSR count). The van der Waals surface area contributed by atoms with E-state index in [1.54, 1.807) is 25.9 Å². The number of nitrogens with one attached hydrogen (secondary N) is 1. The van der Waals surface area contributed by atoms with Gasteiger partial charge in [-0.05, 0) is 57.4 Å². The van der Waals surface area contributed by atoms with Gasteiger partial charge in [-0.2, -0.15) is 26.3 Å². The molecule has 0 aliphatic carbocycles. The van der Waals surface area contributed by atoms with Gasteiger partial charge in [-0.25, -0.2) is 9.78 Å². The van der Waals surface area contributed by atoms with Crippen LogP contribution in [-0.4, -0.2) is 52.6 Å². The van der Waals surface area contributed by atoms with Crippen LogP contribution >= 0.6 is 11.6 Å². The lowest BCUT2D eigenvalue weighted by Crippen LogP contribution is -2.43. The number of fused-ring (bicyclic) bond motifs is 1. The smallest absolute Gasteiger partial charge is 0.313 e. The highest BCUT2D eigenvalue weighted by Gasteiger charge is 2.37. The fourth-order valence-corrected chi connectivity index (χ4v) is 3.95. The number of hydrogen-bond acceptors (Lipinski definition) is 4. The van der Waals surface area contributed by atoms with E-state index in [1.165, 1.54) is 34.7 Å². The Labute approximate surface area is 218 Å². The fourth-order valence-electron chi connectivity index (χ4n) is 3.77. The van der Waals surface area contributed by atoms with E-state index in [1.807, 2.05) is 0 Å². The van der Waals surface area contributed by atoms with Gasteiger partial charge in [0.25, 0.3) is 5.56 Å². The van der Waals surface area contributed by atoms with E-state index < -0.39 is 46.8 Å². The Hall–Kier alpha value is -3.32. The van der Waals surface area contributed by atoms with E-state index in [0.717, 1.165) is 0 Å². The Morgan fingerprint density at radius 1 is 1.03 bits per heavy atom. The number of likely N-dealkylation sites (N-methyl/N-ethyl adjacent to an activating group) is 1. The van der Waals surface area contributed by atoms with Crippen molar-refractivity contribution in [3.63, 3.8) is 0 Å². The van der Waals surface area contributed by atoms with Crippen LogP contribution in [0.3, 0.4) is 0 Å². The fraction of sp³-hybridized carbons (Fsp3) is 0.375. The lowest BCUT2D eigenvalue weighted by molar-refractivity contribution is -0.143. The first-order chi connectivity index (χ1) is 17.5. The number of nitrogens with zero attached hydrogens (tertiary/aromatic N) is 4. The highest BCUT2D eigenvalue weighted by Crippen LogP contribution is 2.37. The number of carbonyl (C=O) groups excluding carboxylic acids is 1. The normalized spacial score (nSPS) is 13.2. The van der Waals surface area contributed by atoms with Crippen molar-refractivity contribution in [3.05, 3.63) is 68.7 Å². The predicted molar refractivity (Wildman–Crippen MR) is 131 cm³/mol. The van der Waals surface area contributed by atoms with Crippen molar-refractivity contribution >= 4 is 34.2 Å². The lowest BCUT2D eigenvalue weighted by Gasteiger charge is -2.31. The first-order valence-electron chi connectivity index (χ1n) is 11.2. The van der Waals surface area contributed by atoms with Gasteiger partial charge in [0.1, 0.15) is 5.82 Å². The van der Waals surface area contributed by atoms with Crippen LogP contribution in [0.15, 0.2) is 41.2 Å². The van der Waals surface area contributed by atoms with Gasteiger partial charge in [0.2, 0.25) is 0 Å². The molecule has 2 aromatic carbocycles. The molecule has 1 unspecified atom stereocenters. The summed E-state index contributed by atoms with van der Waals surface area (Å²) in [4.78, 5) is 33.6. The number of rotatable bonds is 6. The molecular weight excluding hydrogens is 540 g/mol. The number of amides is 2. The molecule has 2 amide bonds. The van der Waals surface area contributed by atoms with Gasteiger partial charge in [-0.15, -0.1) is 0 Å². The number of urea groups is 1. The number of benzene rings is 2. The summed E-state index contributed by atoms with van der Waals surface area (Å²) in [5.74, 6) is 0.152. The molecule has 38 heavy (non-hydrogen) atoms. The largest absolute Gasteiger partial charge is 0.416 e. The average molecular weight is 564 g/mol. The number of halogens is 7. The molecule has 0 saturated carbocycles. The average Bonchev–Trinajstić information content (AvgIpc) is 2.80. The van der Waals surface area contributed by atoms with Crippen LogP contribution < -0.4 is 10.9 Å². The van der Waals surface area contributed by atoms with Gasteiger partial charge in [0.05, 0.1) is 28.1 Å². The summed E-state index contributed by atoms with van der Waals surface area (Å²) in [6.45, 7) is 1.86. The summed E-state index contributed by atoms with van der Waals surface area (Å²) in [6.07, 6.45) is -10.1. The van der Waals surface area contributed by atoms with Gasteiger partial charge in [-0.1, -0.05) is 11.6 Å². The molecule has 1 N–H and O–H groups in total. The molecule has 1 atom stereocenters. The summed E-state index contributed by atoms with van der Waals surface area (Å²) in [5, 5.41) is 2.72. The standard InChI is InChI=1S/C24H24ClF6N5O2/c1-13(20-33-19-6-5-16(25)12-18(19)21(37)35(20)4)36(8-7-34(2)3)22(38)32-17-10-14(23(26,27)28)9-15(11-17)24(29,30)31/h5-6,9-13H,7-8H2,1-4H3,(H,32,38). The summed E-state index contributed by atoms with van der Waals surface area (Å²) in [6, 6.07) is 3.46. The molecule has 0 spiro atoms. The van der Waals surface area contributed by atoms with E-state index in [9.17, 15) is 35.9 Å². The third kappa shape index (κ3) is 6.57. The molecule has 206 valence electrons. The molecule has 3 aromatic rings. The maximum Gasteiger partial charge on any atom is 0.416 e. The molecule has 7 nitrogen and oxygen atoms in total. The molecule has 1 heterocycles. The zero-order valence-corrected chi connectivity index (χ0v) is 21.5. The molecule has 0 radical (unpaired) electrons. The Bertz CT molecular complexity index is 1370. The van der Waals surface area contributed by atoms with Crippen molar-refractivity contribution in [2.75, 3.05) is 32.5 Å². The van der Waals surface area contributed by atoms with Crippen molar-refractivity contribution in [1.82, 2.24) is 19.4 Å². The second-order valence-electron chi connectivity index (χ2n) is 8.89. The molecule has 0 aliphatic rings. The van der Waals surface area contributed by atoms with Crippen molar-refractivity contribution in [2.24, 2.45) is 7.05 Å². The highest BCUT2D eigenvalue weighted by molar-refractivity contribution is 6.31. The predicted octanol–water partition coefficient (Wildman–Crippen LogP) is 5.78. The Kier molecular flexibility index (Phi) is 8.32. The van der Waals surface area contributed by atoms with Gasteiger partial charge in [0.15, 0.2) is 0 Å². The number of aromatic nitrogens is 2. The zero-order chi connectivity index (χ0) is 28.6. The molecule has 14 heteroatoms. The van der Waals surface area contributed by atoms with E-state index >= 15 is 0 Å². The monoisotopic (exact) mass is 563 g/mol. The summed E-state index contributed by atoms with van der Waals surface area (Å²) < 4.78 is 80.9. The maximum atomic E-state index is 13.3. The van der Waals surface area contributed by atoms with Crippen LogP contribution in [0.5, 0.6) is 0 Å². The summed E-state index contributed by atoms with van der Waals surface area (Å²) in [7, 11) is 4.87. The van der Waals surface area contributed by atoms with Crippen LogP contribution in [0.2, 0.25) is 5.02 Å². The molecular formula is C24H24ClF6N5O2. The third-order valence-corrected chi connectivity index (χ3v) is 6.04. The zero-order valence-electron chi connectivity index (χ0n) is 20.7. The van der Waals surface area contributed by atoms with Gasteiger partial charge in [-0.3, -0.25) is 9.36 Å². The topological polar surface area (TPSA) is 70.5 Å². The maximum absolute atomic E-state index is 13.3. The van der Waals surface area contributed by atoms with Crippen LogP contribution in [0.4, 0.5) is 36.8 Å². The summed E-state index contributed by atoms with van der Waals surface area (Å²) in [5.41, 5.74) is -3.95. The summed E-state index contributed by atoms with van der Waals surface area (Å²) >= 11 is 5.98. The Balaban J connectivity index is 2.04. The minimum atomic E-state index is -5.07. The highest BCUT2D eigenvalue weighted by atomic mass is 35.5. The minimum absolute atomic E-state index is 0.0135. The van der Waals surface area contributed by atoms with E-state index in [4.69, 9.17) is 11.6 Å². The number of hydrogen-bond donors (Lipinski definition) is 1. The SMILES string of the molecule is CC(c1nc2ccc(Cl)cc2c(=O)n1C)N(CCN(C)C)C(=O)Nc1cc(C(F)(F)F)cc(C(F)(F)F)c1. The van der Waals surface area contributed by atoms with Crippen molar-refractivity contribution in [3.8, 4) is 0 Å². The van der Waals surface area contributed by atoms with Gasteiger partial charge < -0.3 is 15.1 Å². The second-order valence-corrected chi connectivity index (χ2v) is 9.33. The van der Waals surface area contributed by atoms with Crippen LogP contribution in [0.25, 0.3) is 10.9 Å². The number of anilines is 1. The molecule has 0 fully saturated rings. The lowest BCUT2D eigenvalue weighted by atomic mass is 10.1. The van der Waals surface area contributed by atoms with Crippen LogP contribution in [0.1, 0.15) is 29.9 Å². The first kappa shape index (κ1) is 29.2. The second kappa shape index (κ2) is 10.8. The number of alkyl halides is 6.